The van der Waals surface area contributed by atoms with E-state index in [1.165, 1.54) is 12.1 Å². The summed E-state index contributed by atoms with van der Waals surface area (Å²) in [6.07, 6.45) is 1.76. The molecule has 0 spiro atoms. The Balaban J connectivity index is 3.14. The van der Waals surface area contributed by atoms with Crippen LogP contribution in [0.2, 0.25) is 0 Å². The van der Waals surface area contributed by atoms with Gasteiger partial charge in [0.15, 0.2) is 0 Å². The highest BCUT2D eigenvalue weighted by Gasteiger charge is 2.13. The van der Waals surface area contributed by atoms with Gasteiger partial charge in [-0.15, -0.1) is 6.58 Å². The minimum atomic E-state index is -0.466. The zero-order chi connectivity index (χ0) is 12.8. The number of nitro benzene ring substituents is 1. The van der Waals surface area contributed by atoms with Crippen molar-refractivity contribution in [3.05, 3.63) is 46.5 Å². The maximum absolute atomic E-state index is 10.6. The van der Waals surface area contributed by atoms with Gasteiger partial charge in [0.05, 0.1) is 11.5 Å². The number of hydrogen-bond donors (Lipinski definition) is 1. The first-order valence-electron chi connectivity index (χ1n) is 5.38. The van der Waals surface area contributed by atoms with Gasteiger partial charge in [-0.1, -0.05) is 6.08 Å². The maximum Gasteiger partial charge on any atom is 0.269 e. The summed E-state index contributed by atoms with van der Waals surface area (Å²) in [5.74, 6) is 0. The largest absolute Gasteiger partial charge is 0.392 e. The lowest BCUT2D eigenvalue weighted by Crippen LogP contribution is -2.23. The molecule has 0 radical (unpaired) electrons. The van der Waals surface area contributed by atoms with E-state index < -0.39 is 4.92 Å². The Kier molecular flexibility index (Phi) is 4.66. The van der Waals surface area contributed by atoms with E-state index in [4.69, 9.17) is 0 Å². The molecule has 5 nitrogen and oxygen atoms in total. The van der Waals surface area contributed by atoms with Crippen LogP contribution >= 0.6 is 0 Å². The van der Waals surface area contributed by atoms with Crippen molar-refractivity contribution in [2.75, 3.05) is 18.0 Å². The van der Waals surface area contributed by atoms with Crippen molar-refractivity contribution in [3.63, 3.8) is 0 Å². The van der Waals surface area contributed by atoms with E-state index in [2.05, 4.69) is 6.58 Å². The molecule has 92 valence electrons. The van der Waals surface area contributed by atoms with Gasteiger partial charge in [-0.2, -0.15) is 0 Å². The first-order valence-corrected chi connectivity index (χ1v) is 5.38. The molecule has 0 amide bonds. The fraction of sp³-hybridized carbons (Fsp3) is 0.333. The Morgan fingerprint density at radius 2 is 2.29 bits per heavy atom. The molecule has 0 heterocycles. The quantitative estimate of drug-likeness (QED) is 0.466. The van der Waals surface area contributed by atoms with Crippen LogP contribution in [0.15, 0.2) is 30.9 Å². The van der Waals surface area contributed by atoms with Crippen molar-refractivity contribution in [2.45, 2.75) is 13.5 Å². The van der Waals surface area contributed by atoms with Crippen molar-refractivity contribution >= 4 is 11.4 Å². The van der Waals surface area contributed by atoms with E-state index in [9.17, 15) is 15.2 Å². The first-order chi connectivity index (χ1) is 8.13. The van der Waals surface area contributed by atoms with Crippen LogP contribution in [0.1, 0.15) is 12.5 Å². The van der Waals surface area contributed by atoms with Crippen LogP contribution in [0.25, 0.3) is 0 Å². The van der Waals surface area contributed by atoms with Crippen molar-refractivity contribution in [2.24, 2.45) is 0 Å². The molecule has 0 saturated carbocycles. The third-order valence-electron chi connectivity index (χ3n) is 2.52. The van der Waals surface area contributed by atoms with Gasteiger partial charge in [-0.05, 0) is 13.0 Å². The SMILES string of the molecule is C=CCN(CC)c1ccc([N+](=O)[O-])cc1CO. The lowest BCUT2D eigenvalue weighted by atomic mass is 10.1. The molecule has 0 bridgehead atoms. The smallest absolute Gasteiger partial charge is 0.269 e. The molecule has 5 heteroatoms. The number of rotatable bonds is 6. The molecule has 0 aromatic heterocycles. The standard InChI is InChI=1S/C12H16N2O3/c1-3-7-13(4-2)12-6-5-11(14(16)17)8-10(12)9-15/h3,5-6,8,15H,1,4,7,9H2,2H3. The van der Waals surface area contributed by atoms with Gasteiger partial charge >= 0.3 is 0 Å². The lowest BCUT2D eigenvalue weighted by Gasteiger charge is -2.23. The van der Waals surface area contributed by atoms with Gasteiger partial charge in [0.25, 0.3) is 5.69 Å². The van der Waals surface area contributed by atoms with Gasteiger partial charge < -0.3 is 10.0 Å². The van der Waals surface area contributed by atoms with Crippen LogP contribution in [0, 0.1) is 10.1 Å². The van der Waals surface area contributed by atoms with Crippen molar-refractivity contribution < 1.29 is 10.0 Å². The number of nitrogens with zero attached hydrogens (tertiary/aromatic N) is 2. The Morgan fingerprint density at radius 1 is 1.59 bits per heavy atom. The van der Waals surface area contributed by atoms with E-state index in [0.29, 0.717) is 12.1 Å². The molecule has 0 aliphatic heterocycles. The predicted molar refractivity (Wildman–Crippen MR) is 67.1 cm³/mol. The van der Waals surface area contributed by atoms with E-state index >= 15 is 0 Å². The van der Waals surface area contributed by atoms with Crippen molar-refractivity contribution in [1.82, 2.24) is 0 Å². The number of aliphatic hydroxyl groups excluding tert-OH is 1. The molecule has 17 heavy (non-hydrogen) atoms. The number of hydrogen-bond acceptors (Lipinski definition) is 4. The molecule has 0 atom stereocenters. The highest BCUT2D eigenvalue weighted by Crippen LogP contribution is 2.25. The van der Waals surface area contributed by atoms with Gasteiger partial charge in [-0.3, -0.25) is 10.1 Å². The molecule has 0 unspecified atom stereocenters. The minimum absolute atomic E-state index is 0.00699. The number of anilines is 1. The first kappa shape index (κ1) is 13.2. The number of nitro groups is 1. The second-order valence-electron chi connectivity index (χ2n) is 3.56. The molecule has 1 N–H and O–H groups in total. The average Bonchev–Trinajstić information content (AvgIpc) is 2.35. The van der Waals surface area contributed by atoms with Crippen LogP contribution in [-0.2, 0) is 6.61 Å². The van der Waals surface area contributed by atoms with E-state index in [-0.39, 0.29) is 12.3 Å². The zero-order valence-electron chi connectivity index (χ0n) is 9.80. The highest BCUT2D eigenvalue weighted by molar-refractivity contribution is 5.58. The molecule has 0 aliphatic rings. The number of benzene rings is 1. The van der Waals surface area contributed by atoms with Gasteiger partial charge in [0, 0.05) is 36.5 Å². The summed E-state index contributed by atoms with van der Waals surface area (Å²) in [7, 11) is 0. The van der Waals surface area contributed by atoms with Crippen LogP contribution < -0.4 is 4.90 Å². The average molecular weight is 236 g/mol. The van der Waals surface area contributed by atoms with Crippen LogP contribution in [-0.4, -0.2) is 23.1 Å². The number of aliphatic hydroxyl groups is 1. The molecular weight excluding hydrogens is 220 g/mol. The number of non-ortho nitro benzene ring substituents is 1. The van der Waals surface area contributed by atoms with E-state index in [0.717, 1.165) is 12.2 Å². The Labute approximate surface area is 100 Å². The van der Waals surface area contributed by atoms with Crippen LogP contribution in [0.3, 0.4) is 0 Å². The fourth-order valence-electron chi connectivity index (χ4n) is 1.67. The Hall–Kier alpha value is -1.88. The Bertz CT molecular complexity index is 418. The fourth-order valence-corrected chi connectivity index (χ4v) is 1.67. The molecule has 0 fully saturated rings. The summed E-state index contributed by atoms with van der Waals surface area (Å²) in [6, 6.07) is 4.51. The topological polar surface area (TPSA) is 66.6 Å². The summed E-state index contributed by atoms with van der Waals surface area (Å²) in [4.78, 5) is 12.2. The molecule has 0 saturated heterocycles. The van der Waals surface area contributed by atoms with Gasteiger partial charge in [0.2, 0.25) is 0 Å². The summed E-state index contributed by atoms with van der Waals surface area (Å²) in [5, 5.41) is 19.9. The second-order valence-corrected chi connectivity index (χ2v) is 3.56. The highest BCUT2D eigenvalue weighted by atomic mass is 16.6. The van der Waals surface area contributed by atoms with Gasteiger partial charge in [0.1, 0.15) is 0 Å². The number of likely N-dealkylation sites (N-methyl/N-ethyl adjacent to an activating group) is 1. The summed E-state index contributed by atoms with van der Waals surface area (Å²) in [5.41, 5.74) is 1.36. The second kappa shape index (κ2) is 6.00. The minimum Gasteiger partial charge on any atom is -0.392 e. The van der Waals surface area contributed by atoms with Crippen molar-refractivity contribution in [1.29, 1.82) is 0 Å². The summed E-state index contributed by atoms with van der Waals surface area (Å²) < 4.78 is 0. The molecule has 0 aliphatic carbocycles. The maximum atomic E-state index is 10.6. The summed E-state index contributed by atoms with van der Waals surface area (Å²) in [6.45, 7) is 6.81. The third kappa shape index (κ3) is 3.04. The van der Waals surface area contributed by atoms with E-state index in [1.807, 2.05) is 11.8 Å². The Morgan fingerprint density at radius 3 is 2.76 bits per heavy atom. The lowest BCUT2D eigenvalue weighted by molar-refractivity contribution is -0.384. The molecular formula is C12H16N2O3. The molecule has 1 aromatic carbocycles. The monoisotopic (exact) mass is 236 g/mol. The van der Waals surface area contributed by atoms with E-state index in [1.54, 1.807) is 12.1 Å². The zero-order valence-corrected chi connectivity index (χ0v) is 9.80. The van der Waals surface area contributed by atoms with Crippen LogP contribution in [0.5, 0.6) is 0 Å². The molecule has 1 rings (SSSR count). The third-order valence-corrected chi connectivity index (χ3v) is 2.52. The van der Waals surface area contributed by atoms with Gasteiger partial charge in [-0.25, -0.2) is 0 Å². The predicted octanol–water partition coefficient (Wildman–Crippen LogP) is 2.10. The summed E-state index contributed by atoms with van der Waals surface area (Å²) >= 11 is 0. The normalized spacial score (nSPS) is 10.0. The van der Waals surface area contributed by atoms with Crippen LogP contribution in [0.4, 0.5) is 11.4 Å². The molecule has 1 aromatic rings. The van der Waals surface area contributed by atoms with Crippen molar-refractivity contribution in [3.8, 4) is 0 Å².